The van der Waals surface area contributed by atoms with Gasteiger partial charge in [-0.3, -0.25) is 0 Å². The van der Waals surface area contributed by atoms with E-state index in [-0.39, 0.29) is 0 Å². The van der Waals surface area contributed by atoms with Crippen LogP contribution in [-0.4, -0.2) is 32.2 Å². The Morgan fingerprint density at radius 1 is 1.50 bits per heavy atom. The van der Waals surface area contributed by atoms with Gasteiger partial charge in [0.25, 0.3) is 0 Å². The van der Waals surface area contributed by atoms with Crippen molar-refractivity contribution >= 4 is 11.6 Å². The Hall–Kier alpha value is 0.210. The average Bonchev–Trinajstić information content (AvgIpc) is 2.06. The summed E-state index contributed by atoms with van der Waals surface area (Å²) in [5.41, 5.74) is 0. The standard InChI is InChI=1S/C9H20ClNO/c1-3-4-7-11-9(5-6-10)8-12-2/h9,11H,3-8H2,1-2H3. The number of hydrogen-bond donors (Lipinski definition) is 1. The molecule has 0 radical (unpaired) electrons. The summed E-state index contributed by atoms with van der Waals surface area (Å²) < 4.78 is 5.07. The van der Waals surface area contributed by atoms with Gasteiger partial charge in [-0.25, -0.2) is 0 Å². The van der Waals surface area contributed by atoms with E-state index in [0.29, 0.717) is 11.9 Å². The largest absolute Gasteiger partial charge is 0.383 e. The highest BCUT2D eigenvalue weighted by Gasteiger charge is 2.05. The molecule has 0 amide bonds. The summed E-state index contributed by atoms with van der Waals surface area (Å²) in [6.07, 6.45) is 3.44. The zero-order chi connectivity index (χ0) is 9.23. The predicted octanol–water partition coefficient (Wildman–Crippen LogP) is 2.02. The van der Waals surface area contributed by atoms with Crippen molar-refractivity contribution in [1.29, 1.82) is 0 Å². The number of unbranched alkanes of at least 4 members (excludes halogenated alkanes) is 1. The van der Waals surface area contributed by atoms with Crippen molar-refractivity contribution in [3.05, 3.63) is 0 Å². The molecule has 0 bridgehead atoms. The zero-order valence-corrected chi connectivity index (χ0v) is 8.86. The van der Waals surface area contributed by atoms with Crippen LogP contribution >= 0.6 is 11.6 Å². The normalized spacial score (nSPS) is 13.2. The Morgan fingerprint density at radius 3 is 2.75 bits per heavy atom. The van der Waals surface area contributed by atoms with Crippen LogP contribution in [0.2, 0.25) is 0 Å². The molecule has 0 saturated heterocycles. The number of methoxy groups -OCH3 is 1. The number of nitrogens with one attached hydrogen (secondary N) is 1. The maximum atomic E-state index is 5.65. The van der Waals surface area contributed by atoms with Gasteiger partial charge in [0.05, 0.1) is 6.61 Å². The van der Waals surface area contributed by atoms with Crippen LogP contribution in [0.1, 0.15) is 26.2 Å². The highest BCUT2D eigenvalue weighted by molar-refractivity contribution is 6.17. The lowest BCUT2D eigenvalue weighted by molar-refractivity contribution is 0.164. The molecule has 0 aromatic heterocycles. The zero-order valence-electron chi connectivity index (χ0n) is 8.11. The smallest absolute Gasteiger partial charge is 0.0616 e. The van der Waals surface area contributed by atoms with Crippen LogP contribution in [-0.2, 0) is 4.74 Å². The van der Waals surface area contributed by atoms with Crippen LogP contribution < -0.4 is 5.32 Å². The number of halogens is 1. The van der Waals surface area contributed by atoms with Gasteiger partial charge in [0.1, 0.15) is 0 Å². The number of hydrogen-bond acceptors (Lipinski definition) is 2. The van der Waals surface area contributed by atoms with Gasteiger partial charge in [0.2, 0.25) is 0 Å². The Morgan fingerprint density at radius 2 is 2.25 bits per heavy atom. The molecule has 0 saturated carbocycles. The van der Waals surface area contributed by atoms with E-state index in [4.69, 9.17) is 16.3 Å². The van der Waals surface area contributed by atoms with Crippen molar-refractivity contribution in [1.82, 2.24) is 5.32 Å². The molecule has 74 valence electrons. The van der Waals surface area contributed by atoms with Gasteiger partial charge < -0.3 is 10.1 Å². The first kappa shape index (κ1) is 12.2. The van der Waals surface area contributed by atoms with Crippen molar-refractivity contribution < 1.29 is 4.74 Å². The monoisotopic (exact) mass is 193 g/mol. The van der Waals surface area contributed by atoms with E-state index in [1.807, 2.05) is 0 Å². The molecule has 0 aromatic rings. The van der Waals surface area contributed by atoms with E-state index in [9.17, 15) is 0 Å². The summed E-state index contributed by atoms with van der Waals surface area (Å²) in [7, 11) is 1.72. The fraction of sp³-hybridized carbons (Fsp3) is 1.00. The van der Waals surface area contributed by atoms with Crippen molar-refractivity contribution in [3.63, 3.8) is 0 Å². The fourth-order valence-electron chi connectivity index (χ4n) is 1.06. The molecule has 0 heterocycles. The van der Waals surface area contributed by atoms with Gasteiger partial charge in [-0.1, -0.05) is 13.3 Å². The molecule has 1 atom stereocenters. The van der Waals surface area contributed by atoms with E-state index in [1.165, 1.54) is 12.8 Å². The number of rotatable bonds is 8. The summed E-state index contributed by atoms with van der Waals surface area (Å²) in [6, 6.07) is 0.430. The first-order chi connectivity index (χ1) is 5.85. The van der Waals surface area contributed by atoms with Gasteiger partial charge in [0.15, 0.2) is 0 Å². The van der Waals surface area contributed by atoms with Crippen LogP contribution in [0.3, 0.4) is 0 Å². The lowest BCUT2D eigenvalue weighted by Crippen LogP contribution is -2.34. The van der Waals surface area contributed by atoms with Crippen LogP contribution in [0.15, 0.2) is 0 Å². The lowest BCUT2D eigenvalue weighted by Gasteiger charge is -2.16. The van der Waals surface area contributed by atoms with Crippen molar-refractivity contribution in [2.75, 3.05) is 26.1 Å². The topological polar surface area (TPSA) is 21.3 Å². The van der Waals surface area contributed by atoms with Crippen LogP contribution in [0, 0.1) is 0 Å². The molecule has 12 heavy (non-hydrogen) atoms. The molecule has 0 spiro atoms. The van der Waals surface area contributed by atoms with E-state index in [2.05, 4.69) is 12.2 Å². The van der Waals surface area contributed by atoms with Gasteiger partial charge in [-0.2, -0.15) is 0 Å². The molecule has 0 aliphatic rings. The molecule has 2 nitrogen and oxygen atoms in total. The third-order valence-corrected chi connectivity index (χ3v) is 2.01. The maximum absolute atomic E-state index is 5.65. The van der Waals surface area contributed by atoms with Gasteiger partial charge in [-0.05, 0) is 19.4 Å². The molecular formula is C9H20ClNO. The van der Waals surface area contributed by atoms with Crippen molar-refractivity contribution in [2.45, 2.75) is 32.2 Å². The Bertz CT molecular complexity index is 84.6. The van der Waals surface area contributed by atoms with Gasteiger partial charge >= 0.3 is 0 Å². The molecule has 3 heteroatoms. The Balaban J connectivity index is 3.34. The molecule has 0 aliphatic carbocycles. The van der Waals surface area contributed by atoms with Gasteiger partial charge in [-0.15, -0.1) is 11.6 Å². The minimum Gasteiger partial charge on any atom is -0.383 e. The third kappa shape index (κ3) is 6.89. The van der Waals surface area contributed by atoms with Crippen LogP contribution in [0.4, 0.5) is 0 Å². The van der Waals surface area contributed by atoms with Crippen molar-refractivity contribution in [3.8, 4) is 0 Å². The van der Waals surface area contributed by atoms with E-state index >= 15 is 0 Å². The predicted molar refractivity (Wildman–Crippen MR) is 53.9 cm³/mol. The molecule has 0 rings (SSSR count). The van der Waals surface area contributed by atoms with E-state index in [0.717, 1.165) is 19.6 Å². The van der Waals surface area contributed by atoms with Crippen LogP contribution in [0.5, 0.6) is 0 Å². The number of alkyl halides is 1. The highest BCUT2D eigenvalue weighted by atomic mass is 35.5. The maximum Gasteiger partial charge on any atom is 0.0616 e. The molecular weight excluding hydrogens is 174 g/mol. The molecule has 1 N–H and O–H groups in total. The van der Waals surface area contributed by atoms with Crippen molar-refractivity contribution in [2.24, 2.45) is 0 Å². The Labute approximate surface area is 80.6 Å². The lowest BCUT2D eigenvalue weighted by atomic mass is 10.2. The molecule has 0 aliphatic heterocycles. The summed E-state index contributed by atoms with van der Waals surface area (Å²) in [6.45, 7) is 4.02. The van der Waals surface area contributed by atoms with Crippen LogP contribution in [0.25, 0.3) is 0 Å². The van der Waals surface area contributed by atoms with E-state index < -0.39 is 0 Å². The average molecular weight is 194 g/mol. The summed E-state index contributed by atoms with van der Waals surface area (Å²) in [4.78, 5) is 0. The van der Waals surface area contributed by atoms with Gasteiger partial charge in [0, 0.05) is 19.0 Å². The second kappa shape index (κ2) is 9.30. The fourth-order valence-corrected chi connectivity index (χ4v) is 1.32. The quantitative estimate of drug-likeness (QED) is 0.471. The first-order valence-corrected chi connectivity index (χ1v) is 5.16. The molecule has 0 aromatic carbocycles. The van der Waals surface area contributed by atoms with E-state index in [1.54, 1.807) is 7.11 Å². The summed E-state index contributed by atoms with van der Waals surface area (Å²) in [5, 5.41) is 3.41. The number of ether oxygens (including phenoxy) is 1. The second-order valence-corrected chi connectivity index (χ2v) is 3.32. The Kier molecular flexibility index (Phi) is 9.46. The molecule has 1 unspecified atom stereocenters. The second-order valence-electron chi connectivity index (χ2n) is 2.94. The minimum atomic E-state index is 0.430. The highest BCUT2D eigenvalue weighted by Crippen LogP contribution is 1.96. The summed E-state index contributed by atoms with van der Waals surface area (Å²) in [5.74, 6) is 0.702. The SMILES string of the molecule is CCCCNC(CCCl)COC. The third-order valence-electron chi connectivity index (χ3n) is 1.79. The minimum absolute atomic E-state index is 0.430. The summed E-state index contributed by atoms with van der Waals surface area (Å²) >= 11 is 5.65. The first-order valence-electron chi connectivity index (χ1n) is 4.63. The molecule has 0 fully saturated rings.